The zero-order valence-corrected chi connectivity index (χ0v) is 11.5. The second-order valence-electron chi connectivity index (χ2n) is 4.52. The molecule has 0 bridgehead atoms. The van der Waals surface area contributed by atoms with Gasteiger partial charge in [-0.25, -0.2) is 4.68 Å². The summed E-state index contributed by atoms with van der Waals surface area (Å²) < 4.78 is 6.86. The predicted molar refractivity (Wildman–Crippen MR) is 73.6 cm³/mol. The van der Waals surface area contributed by atoms with E-state index in [2.05, 4.69) is 12.0 Å². The maximum atomic E-state index is 12.0. The lowest BCUT2D eigenvalue weighted by Crippen LogP contribution is -2.21. The second kappa shape index (κ2) is 5.69. The van der Waals surface area contributed by atoms with Crippen molar-refractivity contribution in [2.45, 2.75) is 27.2 Å². The van der Waals surface area contributed by atoms with Gasteiger partial charge >= 0.3 is 0 Å². The molecule has 0 aliphatic heterocycles. The van der Waals surface area contributed by atoms with E-state index in [0.717, 1.165) is 17.8 Å². The Morgan fingerprint density at radius 3 is 2.47 bits per heavy atom. The van der Waals surface area contributed by atoms with Gasteiger partial charge in [-0.2, -0.15) is 5.10 Å². The fourth-order valence-corrected chi connectivity index (χ4v) is 1.91. The highest BCUT2D eigenvalue weighted by Gasteiger charge is 2.10. The lowest BCUT2D eigenvalue weighted by Gasteiger charge is -2.07. The fraction of sp³-hybridized carbons (Fsp3) is 0.333. The lowest BCUT2D eigenvalue weighted by molar-refractivity contribution is 0.0818. The molecule has 19 heavy (non-hydrogen) atoms. The van der Waals surface area contributed by atoms with Crippen molar-refractivity contribution in [1.82, 2.24) is 9.78 Å². The Kier molecular flexibility index (Phi) is 4.00. The molecule has 0 atom stereocenters. The van der Waals surface area contributed by atoms with E-state index in [1.165, 1.54) is 10.2 Å². The van der Waals surface area contributed by atoms with Crippen LogP contribution in [-0.2, 0) is 6.42 Å². The molecule has 0 aliphatic rings. The Balaban J connectivity index is 1.98. The van der Waals surface area contributed by atoms with Crippen LogP contribution in [0.15, 0.2) is 30.3 Å². The summed E-state index contributed by atoms with van der Waals surface area (Å²) in [5.41, 5.74) is 2.91. The van der Waals surface area contributed by atoms with Crippen molar-refractivity contribution >= 4 is 5.91 Å². The molecule has 4 heteroatoms. The number of aromatic nitrogens is 2. The molecule has 2 aromatic rings. The topological polar surface area (TPSA) is 44.1 Å². The highest BCUT2D eigenvalue weighted by molar-refractivity contribution is 5.80. The maximum Gasteiger partial charge on any atom is 0.284 e. The summed E-state index contributed by atoms with van der Waals surface area (Å²) in [6.07, 6.45) is 0.991. The smallest absolute Gasteiger partial charge is 0.284 e. The Morgan fingerprint density at radius 2 is 1.95 bits per heavy atom. The van der Waals surface area contributed by atoms with Crippen molar-refractivity contribution in [1.29, 1.82) is 0 Å². The third-order valence-corrected chi connectivity index (χ3v) is 2.94. The molecule has 0 radical (unpaired) electrons. The van der Waals surface area contributed by atoms with Gasteiger partial charge in [0.05, 0.1) is 5.69 Å². The number of hydrogen-bond acceptors (Lipinski definition) is 3. The average molecular weight is 258 g/mol. The van der Waals surface area contributed by atoms with Crippen molar-refractivity contribution < 1.29 is 9.53 Å². The maximum absolute atomic E-state index is 12.0. The van der Waals surface area contributed by atoms with E-state index in [1.54, 1.807) is 0 Å². The molecule has 0 saturated heterocycles. The molecule has 0 saturated carbocycles. The summed E-state index contributed by atoms with van der Waals surface area (Å²) >= 11 is 0. The van der Waals surface area contributed by atoms with Gasteiger partial charge in [0.2, 0.25) is 0 Å². The molecule has 100 valence electrons. The molecule has 1 heterocycles. The minimum Gasteiger partial charge on any atom is -0.484 e. The van der Waals surface area contributed by atoms with E-state index in [0.29, 0.717) is 5.75 Å². The van der Waals surface area contributed by atoms with Crippen molar-refractivity contribution in [2.75, 3.05) is 6.61 Å². The molecule has 0 N–H and O–H groups in total. The fourth-order valence-electron chi connectivity index (χ4n) is 1.91. The third-order valence-electron chi connectivity index (χ3n) is 2.94. The molecule has 0 aliphatic carbocycles. The highest BCUT2D eigenvalue weighted by atomic mass is 16.5. The number of rotatable bonds is 4. The third kappa shape index (κ3) is 3.22. The van der Waals surface area contributed by atoms with Gasteiger partial charge < -0.3 is 4.74 Å². The predicted octanol–water partition coefficient (Wildman–Crippen LogP) is 2.78. The number of nitrogens with zero attached hydrogens (tertiary/aromatic N) is 2. The summed E-state index contributed by atoms with van der Waals surface area (Å²) in [4.78, 5) is 12.0. The van der Waals surface area contributed by atoms with E-state index in [-0.39, 0.29) is 12.5 Å². The first-order valence-corrected chi connectivity index (χ1v) is 6.38. The Labute approximate surface area is 113 Å². The Hall–Kier alpha value is -2.10. The molecule has 0 amide bonds. The van der Waals surface area contributed by atoms with Crippen molar-refractivity contribution in [2.24, 2.45) is 0 Å². The van der Waals surface area contributed by atoms with E-state index < -0.39 is 0 Å². The molecule has 0 fully saturated rings. The van der Waals surface area contributed by atoms with Crippen LogP contribution in [0.1, 0.15) is 28.7 Å². The van der Waals surface area contributed by atoms with E-state index in [4.69, 9.17) is 4.74 Å². The molecule has 4 nitrogen and oxygen atoms in total. The summed E-state index contributed by atoms with van der Waals surface area (Å²) in [6.45, 7) is 5.81. The van der Waals surface area contributed by atoms with Crippen molar-refractivity contribution in [3.05, 3.63) is 47.3 Å². The van der Waals surface area contributed by atoms with Crippen LogP contribution < -0.4 is 4.74 Å². The molecular formula is C15H18N2O2. The van der Waals surface area contributed by atoms with Crippen molar-refractivity contribution in [3.63, 3.8) is 0 Å². The Morgan fingerprint density at radius 1 is 1.26 bits per heavy atom. The van der Waals surface area contributed by atoms with Gasteiger partial charge in [0.25, 0.3) is 5.91 Å². The quantitative estimate of drug-likeness (QED) is 0.847. The highest BCUT2D eigenvalue weighted by Crippen LogP contribution is 2.12. The molecule has 1 aromatic heterocycles. The number of benzene rings is 1. The number of carbonyl (C=O) groups is 1. The molecular weight excluding hydrogens is 240 g/mol. The van der Waals surface area contributed by atoms with Gasteiger partial charge in [0.1, 0.15) is 5.75 Å². The number of ether oxygens (including phenoxy) is 1. The van der Waals surface area contributed by atoms with E-state index in [1.807, 2.05) is 44.2 Å². The molecule has 1 aromatic carbocycles. The molecule has 0 spiro atoms. The minimum absolute atomic E-state index is 0.00652. The summed E-state index contributed by atoms with van der Waals surface area (Å²) in [5, 5.41) is 4.14. The van der Waals surface area contributed by atoms with Crippen molar-refractivity contribution in [3.8, 4) is 5.75 Å². The molecule has 2 rings (SSSR count). The van der Waals surface area contributed by atoms with Crippen LogP contribution in [0, 0.1) is 13.8 Å². The normalized spacial score (nSPS) is 10.5. The van der Waals surface area contributed by atoms with E-state index >= 15 is 0 Å². The van der Waals surface area contributed by atoms with Crippen LogP contribution in [0.3, 0.4) is 0 Å². The summed E-state index contributed by atoms with van der Waals surface area (Å²) in [6, 6.07) is 9.64. The van der Waals surface area contributed by atoms with Crippen LogP contribution in [-0.4, -0.2) is 22.3 Å². The van der Waals surface area contributed by atoms with Gasteiger partial charge in [-0.05, 0) is 44.0 Å². The molecule has 0 unspecified atom stereocenters. The van der Waals surface area contributed by atoms with Gasteiger partial charge in [0.15, 0.2) is 6.61 Å². The van der Waals surface area contributed by atoms with Gasteiger partial charge in [-0.3, -0.25) is 4.79 Å². The van der Waals surface area contributed by atoms with Crippen LogP contribution in [0.25, 0.3) is 0 Å². The van der Waals surface area contributed by atoms with Crippen LogP contribution in [0.4, 0.5) is 0 Å². The average Bonchev–Trinajstić information content (AvgIpc) is 2.75. The van der Waals surface area contributed by atoms with Gasteiger partial charge in [0, 0.05) is 5.69 Å². The monoisotopic (exact) mass is 258 g/mol. The standard InChI is InChI=1S/C15H18N2O2/c1-4-13-5-7-14(8-6-13)19-10-15(18)17-12(3)9-11(2)16-17/h5-9H,4,10H2,1-3H3. The SMILES string of the molecule is CCc1ccc(OCC(=O)n2nc(C)cc2C)cc1. The van der Waals surface area contributed by atoms with Gasteiger partial charge in [-0.1, -0.05) is 19.1 Å². The van der Waals surface area contributed by atoms with Crippen LogP contribution >= 0.6 is 0 Å². The number of aryl methyl sites for hydroxylation is 3. The number of hydrogen-bond donors (Lipinski definition) is 0. The summed E-state index contributed by atoms with van der Waals surface area (Å²) in [5.74, 6) is 0.539. The lowest BCUT2D eigenvalue weighted by atomic mass is 10.2. The minimum atomic E-state index is -0.162. The first-order chi connectivity index (χ1) is 9.10. The second-order valence-corrected chi connectivity index (χ2v) is 4.52. The van der Waals surface area contributed by atoms with Crippen LogP contribution in [0.5, 0.6) is 5.75 Å². The van der Waals surface area contributed by atoms with E-state index in [9.17, 15) is 4.79 Å². The zero-order valence-electron chi connectivity index (χ0n) is 11.5. The largest absolute Gasteiger partial charge is 0.484 e. The van der Waals surface area contributed by atoms with Gasteiger partial charge in [-0.15, -0.1) is 0 Å². The first kappa shape index (κ1) is 13.3. The summed E-state index contributed by atoms with van der Waals surface area (Å²) in [7, 11) is 0. The van der Waals surface area contributed by atoms with Crippen LogP contribution in [0.2, 0.25) is 0 Å². The zero-order chi connectivity index (χ0) is 13.8. The number of carbonyl (C=O) groups excluding carboxylic acids is 1. The first-order valence-electron chi connectivity index (χ1n) is 6.38. The Bertz CT molecular complexity index is 570.